The molecule has 3 heterocycles. The summed E-state index contributed by atoms with van der Waals surface area (Å²) in [5.74, 6) is 0.445. The van der Waals surface area contributed by atoms with Gasteiger partial charge in [0, 0.05) is 24.4 Å². The molecule has 0 aliphatic carbocycles. The van der Waals surface area contributed by atoms with E-state index in [4.69, 9.17) is 0 Å². The first kappa shape index (κ1) is 16.9. The molecular weight excluding hydrogens is 343 g/mol. The minimum atomic E-state index is -4.48. The molecule has 130 valence electrons. The van der Waals surface area contributed by atoms with E-state index in [2.05, 4.69) is 20.5 Å². The topological polar surface area (TPSA) is 72.7 Å². The molecule has 0 spiro atoms. The lowest BCUT2D eigenvalue weighted by Crippen LogP contribution is -2.37. The second-order valence-corrected chi connectivity index (χ2v) is 6.79. The van der Waals surface area contributed by atoms with E-state index in [1.807, 2.05) is 16.9 Å². The fourth-order valence-corrected chi connectivity index (χ4v) is 3.34. The summed E-state index contributed by atoms with van der Waals surface area (Å²) in [7, 11) is 0. The molecule has 0 saturated carbocycles. The molecule has 1 aliphatic heterocycles. The van der Waals surface area contributed by atoms with Crippen LogP contribution in [-0.2, 0) is 17.8 Å². The van der Waals surface area contributed by atoms with E-state index in [0.717, 1.165) is 16.5 Å². The van der Waals surface area contributed by atoms with Gasteiger partial charge in [-0.2, -0.15) is 13.2 Å². The van der Waals surface area contributed by atoms with Crippen molar-refractivity contribution < 1.29 is 18.0 Å². The molecule has 10 heteroatoms. The molecule has 0 radical (unpaired) electrons. The predicted octanol–water partition coefficient (Wildman–Crippen LogP) is 2.48. The molecule has 1 amide bonds. The van der Waals surface area contributed by atoms with Crippen LogP contribution in [0.4, 0.5) is 13.2 Å². The van der Waals surface area contributed by atoms with Crippen molar-refractivity contribution in [2.24, 2.45) is 0 Å². The Labute approximate surface area is 140 Å². The number of halogens is 3. The second kappa shape index (κ2) is 6.50. The zero-order chi connectivity index (χ0) is 17.3. The lowest BCUT2D eigenvalue weighted by atomic mass is 10.1. The van der Waals surface area contributed by atoms with E-state index in [1.54, 1.807) is 0 Å². The summed E-state index contributed by atoms with van der Waals surface area (Å²) in [6.07, 6.45) is -4.31. The normalized spacial score (nSPS) is 18.1. The number of fused-ring (bicyclic) bond motifs is 1. The minimum absolute atomic E-state index is 0.299. The van der Waals surface area contributed by atoms with Crippen LogP contribution in [0.25, 0.3) is 11.5 Å². The van der Waals surface area contributed by atoms with Crippen LogP contribution in [0.2, 0.25) is 0 Å². The highest BCUT2D eigenvalue weighted by Crippen LogP contribution is 2.24. The molecule has 0 aromatic carbocycles. The van der Waals surface area contributed by atoms with Gasteiger partial charge in [0.1, 0.15) is 17.9 Å². The highest BCUT2D eigenvalue weighted by Gasteiger charge is 2.32. The molecule has 1 aliphatic rings. The van der Waals surface area contributed by atoms with Crippen molar-refractivity contribution in [3.8, 4) is 11.5 Å². The molecule has 0 fully saturated rings. The van der Waals surface area contributed by atoms with Crippen molar-refractivity contribution in [2.45, 2.75) is 51.4 Å². The standard InChI is InChI=1S/C14H16F3N5OS/c1-8-18-10(7-24-8)13-21-20-11-3-2-9(4-5-22(11)13)19-12(23)6-14(15,16)17/h7,9H,2-6H2,1H3,(H,19,23). The number of carbonyl (C=O) groups excluding carboxylic acids is 1. The summed E-state index contributed by atoms with van der Waals surface area (Å²) < 4.78 is 38.7. The van der Waals surface area contributed by atoms with Crippen molar-refractivity contribution >= 4 is 17.2 Å². The Morgan fingerprint density at radius 1 is 1.42 bits per heavy atom. The number of rotatable bonds is 3. The molecule has 2 aromatic heterocycles. The molecule has 6 nitrogen and oxygen atoms in total. The second-order valence-electron chi connectivity index (χ2n) is 5.73. The van der Waals surface area contributed by atoms with E-state index in [-0.39, 0.29) is 6.04 Å². The summed E-state index contributed by atoms with van der Waals surface area (Å²) in [6.45, 7) is 2.44. The van der Waals surface area contributed by atoms with E-state index in [9.17, 15) is 18.0 Å². The van der Waals surface area contributed by atoms with Crippen LogP contribution < -0.4 is 5.32 Å². The first-order valence-electron chi connectivity index (χ1n) is 7.52. The number of carbonyl (C=O) groups is 1. The molecule has 2 aromatic rings. The number of aromatic nitrogens is 4. The zero-order valence-electron chi connectivity index (χ0n) is 12.9. The zero-order valence-corrected chi connectivity index (χ0v) is 13.7. The first-order valence-corrected chi connectivity index (χ1v) is 8.40. The van der Waals surface area contributed by atoms with Gasteiger partial charge in [0.05, 0.1) is 5.01 Å². The average molecular weight is 359 g/mol. The molecule has 1 unspecified atom stereocenters. The Hall–Kier alpha value is -1.97. The van der Waals surface area contributed by atoms with Gasteiger partial charge in [-0.3, -0.25) is 4.79 Å². The van der Waals surface area contributed by atoms with Crippen LogP contribution in [0.15, 0.2) is 5.38 Å². The third kappa shape index (κ3) is 3.92. The quantitative estimate of drug-likeness (QED) is 0.914. The van der Waals surface area contributed by atoms with E-state index in [1.165, 1.54) is 11.3 Å². The van der Waals surface area contributed by atoms with Gasteiger partial charge in [-0.25, -0.2) is 4.98 Å². The maximum atomic E-state index is 12.3. The third-order valence-electron chi connectivity index (χ3n) is 3.82. The SMILES string of the molecule is Cc1nc(-c2nnc3n2CCC(NC(=O)CC(F)(F)F)CC3)cs1. The number of thiazole rings is 1. The average Bonchev–Trinajstić information content (AvgIpc) is 3.01. The van der Waals surface area contributed by atoms with Crippen LogP contribution in [0, 0.1) is 6.92 Å². The number of aryl methyl sites for hydroxylation is 2. The van der Waals surface area contributed by atoms with Crippen molar-refractivity contribution in [3.05, 3.63) is 16.2 Å². The fourth-order valence-electron chi connectivity index (χ4n) is 2.75. The van der Waals surface area contributed by atoms with Gasteiger partial charge in [0.2, 0.25) is 5.91 Å². The van der Waals surface area contributed by atoms with Crippen LogP contribution in [-0.4, -0.2) is 37.9 Å². The number of alkyl halides is 3. The van der Waals surface area contributed by atoms with Crippen LogP contribution >= 0.6 is 11.3 Å². The summed E-state index contributed by atoms with van der Waals surface area (Å²) in [5.41, 5.74) is 0.746. The van der Waals surface area contributed by atoms with E-state index in [0.29, 0.717) is 31.6 Å². The molecule has 1 atom stereocenters. The summed E-state index contributed by atoms with van der Waals surface area (Å²) in [4.78, 5) is 15.9. The van der Waals surface area contributed by atoms with Crippen LogP contribution in [0.1, 0.15) is 30.1 Å². The van der Waals surface area contributed by atoms with Gasteiger partial charge < -0.3 is 9.88 Å². The minimum Gasteiger partial charge on any atom is -0.353 e. The van der Waals surface area contributed by atoms with Gasteiger partial charge in [-0.1, -0.05) is 0 Å². The van der Waals surface area contributed by atoms with E-state index < -0.39 is 18.5 Å². The Morgan fingerprint density at radius 3 is 2.88 bits per heavy atom. The number of nitrogens with one attached hydrogen (secondary N) is 1. The third-order valence-corrected chi connectivity index (χ3v) is 4.59. The maximum Gasteiger partial charge on any atom is 0.397 e. The molecule has 24 heavy (non-hydrogen) atoms. The Balaban J connectivity index is 1.67. The van der Waals surface area contributed by atoms with Gasteiger partial charge >= 0.3 is 6.18 Å². The smallest absolute Gasteiger partial charge is 0.353 e. The monoisotopic (exact) mass is 359 g/mol. The van der Waals surface area contributed by atoms with Crippen molar-refractivity contribution in [1.29, 1.82) is 0 Å². The maximum absolute atomic E-state index is 12.3. The largest absolute Gasteiger partial charge is 0.397 e. The highest BCUT2D eigenvalue weighted by atomic mass is 32.1. The molecular formula is C14H16F3N5OS. The van der Waals surface area contributed by atoms with E-state index >= 15 is 0 Å². The van der Waals surface area contributed by atoms with Crippen molar-refractivity contribution in [3.63, 3.8) is 0 Å². The highest BCUT2D eigenvalue weighted by molar-refractivity contribution is 7.09. The lowest BCUT2D eigenvalue weighted by molar-refractivity contribution is -0.154. The summed E-state index contributed by atoms with van der Waals surface area (Å²) >= 11 is 1.52. The van der Waals surface area contributed by atoms with Crippen LogP contribution in [0.5, 0.6) is 0 Å². The fraction of sp³-hybridized carbons (Fsp3) is 0.571. The number of hydrogen-bond acceptors (Lipinski definition) is 5. The van der Waals surface area contributed by atoms with Crippen LogP contribution in [0.3, 0.4) is 0 Å². The Kier molecular flexibility index (Phi) is 4.57. The van der Waals surface area contributed by atoms with Crippen molar-refractivity contribution in [2.75, 3.05) is 0 Å². The lowest BCUT2D eigenvalue weighted by Gasteiger charge is -2.16. The molecule has 0 saturated heterocycles. The van der Waals surface area contributed by atoms with Gasteiger partial charge in [0.15, 0.2) is 5.82 Å². The van der Waals surface area contributed by atoms with Gasteiger partial charge in [0.25, 0.3) is 0 Å². The Bertz CT molecular complexity index is 739. The molecule has 1 N–H and O–H groups in total. The first-order chi connectivity index (χ1) is 11.3. The molecule has 0 bridgehead atoms. The number of hydrogen-bond donors (Lipinski definition) is 1. The Morgan fingerprint density at radius 2 is 2.21 bits per heavy atom. The molecule has 3 rings (SSSR count). The van der Waals surface area contributed by atoms with Gasteiger partial charge in [-0.05, 0) is 19.8 Å². The van der Waals surface area contributed by atoms with Gasteiger partial charge in [-0.15, -0.1) is 21.5 Å². The number of amides is 1. The summed E-state index contributed by atoms with van der Waals surface area (Å²) in [5, 5.41) is 13.6. The number of nitrogens with zero attached hydrogens (tertiary/aromatic N) is 4. The van der Waals surface area contributed by atoms with Crippen molar-refractivity contribution in [1.82, 2.24) is 25.1 Å². The summed E-state index contributed by atoms with van der Waals surface area (Å²) in [6, 6.07) is -0.299. The predicted molar refractivity (Wildman–Crippen MR) is 81.4 cm³/mol.